The predicted octanol–water partition coefficient (Wildman–Crippen LogP) is 3.82. The van der Waals surface area contributed by atoms with Gasteiger partial charge in [0.2, 0.25) is 0 Å². The fourth-order valence-corrected chi connectivity index (χ4v) is 4.48. The molecule has 7 nitrogen and oxygen atoms in total. The highest BCUT2D eigenvalue weighted by Gasteiger charge is 2.35. The molecule has 0 saturated carbocycles. The first-order valence-corrected chi connectivity index (χ1v) is 11.6. The number of carbonyl (C=O) groups excluding carboxylic acids is 1. The van der Waals surface area contributed by atoms with Gasteiger partial charge in [0.1, 0.15) is 11.8 Å². The summed E-state index contributed by atoms with van der Waals surface area (Å²) in [5.74, 6) is 0.731. The molecule has 3 aromatic rings. The third-order valence-electron chi connectivity index (χ3n) is 6.15. The van der Waals surface area contributed by atoms with Crippen LogP contribution in [0.4, 0.5) is 0 Å². The van der Waals surface area contributed by atoms with Crippen molar-refractivity contribution in [2.24, 2.45) is 5.10 Å². The minimum Gasteiger partial charge on any atom is -0.467 e. The predicted molar refractivity (Wildman–Crippen MR) is 127 cm³/mol. The fraction of sp³-hybridized carbons (Fsp3) is 0.320. The van der Waals surface area contributed by atoms with Gasteiger partial charge in [-0.25, -0.2) is 5.01 Å². The fourth-order valence-electron chi connectivity index (χ4n) is 4.35. The van der Waals surface area contributed by atoms with Crippen LogP contribution in [-0.2, 0) is 11.3 Å². The number of amides is 1. The molecule has 1 aromatic carbocycles. The van der Waals surface area contributed by atoms with Crippen molar-refractivity contribution in [1.29, 1.82) is 0 Å². The summed E-state index contributed by atoms with van der Waals surface area (Å²) < 4.78 is 5.65. The van der Waals surface area contributed by atoms with Gasteiger partial charge in [0.05, 0.1) is 24.2 Å². The van der Waals surface area contributed by atoms with E-state index in [0.717, 1.165) is 55.5 Å². The second-order valence-electron chi connectivity index (χ2n) is 8.40. The largest absolute Gasteiger partial charge is 0.467 e. The van der Waals surface area contributed by atoms with E-state index in [2.05, 4.69) is 14.8 Å². The van der Waals surface area contributed by atoms with Crippen molar-refractivity contribution in [3.63, 3.8) is 0 Å². The normalized spacial score (nSPS) is 19.6. The van der Waals surface area contributed by atoms with Crippen LogP contribution in [0.1, 0.15) is 29.5 Å². The average Bonchev–Trinajstić information content (AvgIpc) is 3.52. The van der Waals surface area contributed by atoms with Gasteiger partial charge in [-0.15, -0.1) is 0 Å². The molecule has 2 aliphatic rings. The summed E-state index contributed by atoms with van der Waals surface area (Å²) in [5.41, 5.74) is 2.90. The van der Waals surface area contributed by atoms with Crippen molar-refractivity contribution in [1.82, 2.24) is 19.8 Å². The third-order valence-corrected chi connectivity index (χ3v) is 6.40. The molecular formula is C25H26ClN5O2. The number of carbonyl (C=O) groups is 1. The molecule has 0 bridgehead atoms. The second-order valence-corrected chi connectivity index (χ2v) is 8.84. The number of hydrogen-bond acceptors (Lipinski definition) is 6. The first-order valence-electron chi connectivity index (χ1n) is 11.2. The number of furan rings is 1. The molecule has 0 aliphatic carbocycles. The molecule has 0 spiro atoms. The molecule has 1 amide bonds. The maximum atomic E-state index is 13.3. The summed E-state index contributed by atoms with van der Waals surface area (Å²) in [7, 11) is 0. The van der Waals surface area contributed by atoms with Gasteiger partial charge in [0.25, 0.3) is 5.91 Å². The van der Waals surface area contributed by atoms with E-state index in [1.54, 1.807) is 11.3 Å². The number of hydrogen-bond donors (Lipinski definition) is 0. The second kappa shape index (κ2) is 9.87. The lowest BCUT2D eigenvalue weighted by Crippen LogP contribution is -2.49. The van der Waals surface area contributed by atoms with Crippen molar-refractivity contribution >= 4 is 23.2 Å². The van der Waals surface area contributed by atoms with Gasteiger partial charge >= 0.3 is 0 Å². The number of halogens is 1. The van der Waals surface area contributed by atoms with E-state index >= 15 is 0 Å². The van der Waals surface area contributed by atoms with Crippen LogP contribution in [0.3, 0.4) is 0 Å². The van der Waals surface area contributed by atoms with E-state index in [1.807, 2.05) is 60.8 Å². The van der Waals surface area contributed by atoms with Crippen LogP contribution in [0, 0.1) is 0 Å². The smallest absolute Gasteiger partial charge is 0.257 e. The molecule has 4 heterocycles. The van der Waals surface area contributed by atoms with E-state index in [-0.39, 0.29) is 11.9 Å². The molecule has 1 atom stereocenters. The molecule has 0 radical (unpaired) electrons. The summed E-state index contributed by atoms with van der Waals surface area (Å²) in [6.07, 6.45) is 4.08. The van der Waals surface area contributed by atoms with Crippen molar-refractivity contribution in [2.75, 3.05) is 32.7 Å². The minimum absolute atomic E-state index is 0.0152. The summed E-state index contributed by atoms with van der Waals surface area (Å²) in [5, 5.41) is 6.99. The lowest BCUT2D eigenvalue weighted by atomic mass is 10.0. The zero-order valence-electron chi connectivity index (χ0n) is 18.3. The van der Waals surface area contributed by atoms with Crippen LogP contribution in [-0.4, -0.2) is 64.1 Å². The number of benzene rings is 1. The van der Waals surface area contributed by atoms with Gasteiger partial charge < -0.3 is 4.42 Å². The maximum Gasteiger partial charge on any atom is 0.257 e. The van der Waals surface area contributed by atoms with Gasteiger partial charge in [-0.1, -0.05) is 29.8 Å². The molecule has 8 heteroatoms. The summed E-state index contributed by atoms with van der Waals surface area (Å²) in [6, 6.07) is 17.1. The van der Waals surface area contributed by atoms with E-state index in [0.29, 0.717) is 18.0 Å². The molecule has 1 unspecified atom stereocenters. The molecule has 1 fully saturated rings. The Morgan fingerprint density at radius 1 is 1.00 bits per heavy atom. The molecule has 2 aliphatic heterocycles. The number of rotatable bonds is 6. The van der Waals surface area contributed by atoms with Crippen LogP contribution >= 0.6 is 11.6 Å². The van der Waals surface area contributed by atoms with Crippen LogP contribution in [0.5, 0.6) is 0 Å². The zero-order chi connectivity index (χ0) is 22.6. The number of pyridine rings is 1. The van der Waals surface area contributed by atoms with E-state index in [1.165, 1.54) is 0 Å². The Kier molecular flexibility index (Phi) is 6.53. The van der Waals surface area contributed by atoms with Gasteiger partial charge in [0, 0.05) is 50.4 Å². The van der Waals surface area contributed by atoms with Crippen molar-refractivity contribution in [3.8, 4) is 0 Å². The molecule has 170 valence electrons. The van der Waals surface area contributed by atoms with Gasteiger partial charge in [-0.3, -0.25) is 19.6 Å². The Balaban J connectivity index is 1.23. The highest BCUT2D eigenvalue weighted by molar-refractivity contribution is 6.30. The van der Waals surface area contributed by atoms with Crippen molar-refractivity contribution < 1.29 is 9.21 Å². The minimum atomic E-state index is -0.233. The Morgan fingerprint density at radius 3 is 2.48 bits per heavy atom. The summed E-state index contributed by atoms with van der Waals surface area (Å²) in [6.45, 7) is 4.67. The summed E-state index contributed by atoms with van der Waals surface area (Å²) >= 11 is 6.04. The highest BCUT2D eigenvalue weighted by atomic mass is 35.5. The van der Waals surface area contributed by atoms with Crippen LogP contribution in [0.25, 0.3) is 0 Å². The van der Waals surface area contributed by atoms with E-state index < -0.39 is 0 Å². The van der Waals surface area contributed by atoms with E-state index in [9.17, 15) is 4.79 Å². The van der Waals surface area contributed by atoms with Crippen LogP contribution < -0.4 is 0 Å². The Bertz CT molecular complexity index is 1090. The van der Waals surface area contributed by atoms with Gasteiger partial charge in [-0.05, 0) is 42.0 Å². The standard InChI is InChI=1S/C25H26ClN5O2/c26-20-8-6-19(7-9-20)22-16-23(24-5-3-15-33-24)31(28-22)25(32)18-30-13-11-29(12-14-30)17-21-4-1-2-10-27-21/h1-10,15,23H,11-14,16-18H2. The lowest BCUT2D eigenvalue weighted by molar-refractivity contribution is -0.135. The topological polar surface area (TPSA) is 65.2 Å². The third kappa shape index (κ3) is 5.16. The Hall–Kier alpha value is -3.00. The number of piperazine rings is 1. The van der Waals surface area contributed by atoms with Crippen molar-refractivity contribution in [2.45, 2.75) is 19.0 Å². The quantitative estimate of drug-likeness (QED) is 0.556. The molecule has 33 heavy (non-hydrogen) atoms. The van der Waals surface area contributed by atoms with Crippen LogP contribution in [0.15, 0.2) is 76.6 Å². The SMILES string of the molecule is O=C(CN1CCN(Cc2ccccn2)CC1)N1N=C(c2ccc(Cl)cc2)CC1c1ccco1. The molecule has 2 aromatic heterocycles. The van der Waals surface area contributed by atoms with Gasteiger partial charge in [0.15, 0.2) is 0 Å². The van der Waals surface area contributed by atoms with E-state index in [4.69, 9.17) is 21.1 Å². The monoisotopic (exact) mass is 463 g/mol. The van der Waals surface area contributed by atoms with Crippen molar-refractivity contribution in [3.05, 3.63) is 89.1 Å². The highest BCUT2D eigenvalue weighted by Crippen LogP contribution is 2.33. The average molecular weight is 464 g/mol. The lowest BCUT2D eigenvalue weighted by Gasteiger charge is -2.34. The molecular weight excluding hydrogens is 438 g/mol. The zero-order valence-corrected chi connectivity index (χ0v) is 19.1. The molecule has 1 saturated heterocycles. The first-order chi connectivity index (χ1) is 16.2. The number of nitrogens with zero attached hydrogens (tertiary/aromatic N) is 5. The number of aromatic nitrogens is 1. The molecule has 0 N–H and O–H groups in total. The maximum absolute atomic E-state index is 13.3. The molecule has 5 rings (SSSR count). The van der Waals surface area contributed by atoms with Crippen LogP contribution in [0.2, 0.25) is 5.02 Å². The first kappa shape index (κ1) is 21.8. The Morgan fingerprint density at radius 2 is 1.79 bits per heavy atom. The number of hydrazone groups is 1. The van der Waals surface area contributed by atoms with Gasteiger partial charge in [-0.2, -0.15) is 5.10 Å². The Labute approximate surface area is 198 Å². The summed E-state index contributed by atoms with van der Waals surface area (Å²) in [4.78, 5) is 22.3.